The molecular weight excluding hydrogens is 302 g/mol. The number of hydrogen-bond donors (Lipinski definition) is 1. The predicted molar refractivity (Wildman–Crippen MR) is 95.6 cm³/mol. The number of nitrogens with one attached hydrogen (secondary N) is 1. The molecule has 0 amide bonds. The molecule has 3 nitrogen and oxygen atoms in total. The Morgan fingerprint density at radius 1 is 1.17 bits per heavy atom. The predicted octanol–water partition coefficient (Wildman–Crippen LogP) is 4.80. The summed E-state index contributed by atoms with van der Waals surface area (Å²) in [5, 5.41) is 6.19. The first-order chi connectivity index (χ1) is 11.2. The highest BCUT2D eigenvalue weighted by atomic mass is 32.1. The van der Waals surface area contributed by atoms with Crippen LogP contribution >= 0.6 is 11.3 Å². The zero-order valence-corrected chi connectivity index (χ0v) is 14.3. The van der Waals surface area contributed by atoms with Crippen molar-refractivity contribution >= 4 is 22.2 Å². The molecule has 1 saturated carbocycles. The Hall–Kier alpha value is -1.78. The van der Waals surface area contributed by atoms with Crippen LogP contribution in [0.1, 0.15) is 47.4 Å². The molecule has 118 valence electrons. The summed E-state index contributed by atoms with van der Waals surface area (Å²) in [6.07, 6.45) is 4.58. The zero-order valence-electron chi connectivity index (χ0n) is 13.5. The third kappa shape index (κ3) is 3.14. The van der Waals surface area contributed by atoms with E-state index in [9.17, 15) is 0 Å². The number of rotatable bonds is 5. The van der Waals surface area contributed by atoms with Crippen LogP contribution < -0.4 is 5.32 Å². The summed E-state index contributed by atoms with van der Waals surface area (Å²) < 4.78 is 0. The Bertz CT molecular complexity index is 822. The number of nitrogens with zero attached hydrogens (tertiary/aromatic N) is 2. The minimum atomic E-state index is 0.217. The smallest absolute Gasteiger partial charge is 0.110 e. The first-order valence-electron chi connectivity index (χ1n) is 8.25. The van der Waals surface area contributed by atoms with Crippen LogP contribution in [-0.2, 0) is 0 Å². The van der Waals surface area contributed by atoms with E-state index in [-0.39, 0.29) is 6.04 Å². The molecule has 0 spiro atoms. The van der Waals surface area contributed by atoms with Crippen molar-refractivity contribution in [2.75, 3.05) is 0 Å². The largest absolute Gasteiger partial charge is 0.300 e. The lowest BCUT2D eigenvalue weighted by molar-refractivity contribution is 0.421. The van der Waals surface area contributed by atoms with Crippen LogP contribution in [0.2, 0.25) is 0 Å². The van der Waals surface area contributed by atoms with Crippen LogP contribution in [0.25, 0.3) is 10.9 Å². The van der Waals surface area contributed by atoms with Crippen molar-refractivity contribution in [2.45, 2.75) is 38.8 Å². The molecule has 1 fully saturated rings. The van der Waals surface area contributed by atoms with E-state index < -0.39 is 0 Å². The summed E-state index contributed by atoms with van der Waals surface area (Å²) >= 11 is 1.81. The maximum absolute atomic E-state index is 4.83. The lowest BCUT2D eigenvalue weighted by Gasteiger charge is -2.21. The quantitative estimate of drug-likeness (QED) is 0.733. The van der Waals surface area contributed by atoms with E-state index >= 15 is 0 Å². The van der Waals surface area contributed by atoms with E-state index in [0.717, 1.165) is 17.1 Å². The highest BCUT2D eigenvalue weighted by Crippen LogP contribution is 2.43. The Balaban J connectivity index is 1.58. The van der Waals surface area contributed by atoms with Gasteiger partial charge in [0, 0.05) is 22.5 Å². The number of pyridine rings is 1. The number of aromatic nitrogens is 2. The Morgan fingerprint density at radius 2 is 2.00 bits per heavy atom. The second kappa shape index (κ2) is 6.02. The van der Waals surface area contributed by atoms with Crippen molar-refractivity contribution in [1.82, 2.24) is 15.3 Å². The first-order valence-corrected chi connectivity index (χ1v) is 9.06. The Morgan fingerprint density at radius 3 is 2.74 bits per heavy atom. The van der Waals surface area contributed by atoms with Crippen LogP contribution in [0.15, 0.2) is 42.6 Å². The molecule has 3 aromatic rings. The maximum Gasteiger partial charge on any atom is 0.110 e. The molecule has 2 unspecified atom stereocenters. The standard InChI is InChI=1S/C19H21N3S/c1-12-11-20-19(23-12)18(15-7-8-15)21-13(2)16-10-9-14-5-3-4-6-17(14)22-16/h3-6,9-11,13,15,18,21H,7-8H2,1-2H3. The molecule has 1 N–H and O–H groups in total. The lowest BCUT2D eigenvalue weighted by atomic mass is 10.1. The number of fused-ring (bicyclic) bond motifs is 1. The summed E-state index contributed by atoms with van der Waals surface area (Å²) in [5.41, 5.74) is 2.16. The molecule has 4 heteroatoms. The lowest BCUT2D eigenvalue weighted by Crippen LogP contribution is -2.26. The number of hydrogen-bond acceptors (Lipinski definition) is 4. The van der Waals surface area contributed by atoms with Crippen molar-refractivity contribution in [3.63, 3.8) is 0 Å². The molecule has 23 heavy (non-hydrogen) atoms. The minimum Gasteiger partial charge on any atom is -0.300 e. The van der Waals surface area contributed by atoms with Gasteiger partial charge in [-0.2, -0.15) is 0 Å². The van der Waals surface area contributed by atoms with Crippen molar-refractivity contribution in [3.05, 3.63) is 58.2 Å². The van der Waals surface area contributed by atoms with E-state index in [1.54, 1.807) is 0 Å². The Labute approximate surface area is 140 Å². The second-order valence-electron chi connectivity index (χ2n) is 6.44. The molecule has 0 aliphatic heterocycles. The van der Waals surface area contributed by atoms with Crippen molar-refractivity contribution < 1.29 is 0 Å². The van der Waals surface area contributed by atoms with Crippen LogP contribution in [0, 0.1) is 12.8 Å². The van der Waals surface area contributed by atoms with Gasteiger partial charge in [-0.15, -0.1) is 11.3 Å². The molecular formula is C19H21N3S. The number of benzene rings is 1. The third-order valence-corrected chi connectivity index (χ3v) is 5.49. The third-order valence-electron chi connectivity index (χ3n) is 4.49. The van der Waals surface area contributed by atoms with Gasteiger partial charge in [0.2, 0.25) is 0 Å². The second-order valence-corrected chi connectivity index (χ2v) is 7.71. The highest BCUT2D eigenvalue weighted by molar-refractivity contribution is 7.11. The minimum absolute atomic E-state index is 0.217. The summed E-state index contributed by atoms with van der Waals surface area (Å²) in [7, 11) is 0. The zero-order chi connectivity index (χ0) is 15.8. The molecule has 0 saturated heterocycles. The summed E-state index contributed by atoms with van der Waals surface area (Å²) in [6, 6.07) is 13.2. The molecule has 2 aromatic heterocycles. The van der Waals surface area contributed by atoms with E-state index in [4.69, 9.17) is 4.98 Å². The van der Waals surface area contributed by atoms with Crippen molar-refractivity contribution in [2.24, 2.45) is 5.92 Å². The topological polar surface area (TPSA) is 37.8 Å². The van der Waals surface area contributed by atoms with Gasteiger partial charge in [0.25, 0.3) is 0 Å². The number of aryl methyl sites for hydroxylation is 1. The summed E-state index contributed by atoms with van der Waals surface area (Å²) in [5.74, 6) is 0.725. The van der Waals surface area contributed by atoms with E-state index in [0.29, 0.717) is 6.04 Å². The van der Waals surface area contributed by atoms with Crippen molar-refractivity contribution in [3.8, 4) is 0 Å². The molecule has 4 rings (SSSR count). The van der Waals surface area contributed by atoms with Gasteiger partial charge >= 0.3 is 0 Å². The SMILES string of the molecule is Cc1cnc(C(NC(C)c2ccc3ccccc3n2)C2CC2)s1. The summed E-state index contributed by atoms with van der Waals surface area (Å²) in [4.78, 5) is 10.7. The number of para-hydroxylation sites is 1. The highest BCUT2D eigenvalue weighted by Gasteiger charge is 2.35. The fourth-order valence-corrected chi connectivity index (χ4v) is 3.96. The fourth-order valence-electron chi connectivity index (χ4n) is 3.03. The van der Waals surface area contributed by atoms with Gasteiger partial charge in [-0.05, 0) is 44.7 Å². The molecule has 0 bridgehead atoms. The van der Waals surface area contributed by atoms with Crippen LogP contribution in [0.4, 0.5) is 0 Å². The monoisotopic (exact) mass is 323 g/mol. The van der Waals surface area contributed by atoms with E-state index in [1.807, 2.05) is 23.6 Å². The average Bonchev–Trinajstić information content (AvgIpc) is 3.33. The normalized spacial score (nSPS) is 17.3. The van der Waals surface area contributed by atoms with Crippen molar-refractivity contribution in [1.29, 1.82) is 0 Å². The molecule has 1 aliphatic rings. The molecule has 2 atom stereocenters. The number of thiazole rings is 1. The fraction of sp³-hybridized carbons (Fsp3) is 0.368. The maximum atomic E-state index is 4.83. The van der Waals surface area contributed by atoms with Gasteiger partial charge < -0.3 is 0 Å². The van der Waals surface area contributed by atoms with Gasteiger partial charge in [0.05, 0.1) is 17.3 Å². The average molecular weight is 323 g/mol. The van der Waals surface area contributed by atoms with E-state index in [1.165, 1.54) is 28.1 Å². The first kappa shape index (κ1) is 14.8. The van der Waals surface area contributed by atoms with Crippen LogP contribution in [0.3, 0.4) is 0 Å². The van der Waals surface area contributed by atoms with Gasteiger partial charge in [0.15, 0.2) is 0 Å². The van der Waals surface area contributed by atoms with Gasteiger partial charge in [0.1, 0.15) is 5.01 Å². The molecule has 1 aliphatic carbocycles. The molecule has 0 radical (unpaired) electrons. The van der Waals surface area contributed by atoms with E-state index in [2.05, 4.69) is 54.5 Å². The van der Waals surface area contributed by atoms with Crippen LogP contribution in [0.5, 0.6) is 0 Å². The molecule has 1 aromatic carbocycles. The van der Waals surface area contributed by atoms with Crippen LogP contribution in [-0.4, -0.2) is 9.97 Å². The van der Waals surface area contributed by atoms with Gasteiger partial charge in [-0.25, -0.2) is 4.98 Å². The van der Waals surface area contributed by atoms with Gasteiger partial charge in [-0.3, -0.25) is 10.3 Å². The molecule has 2 heterocycles. The summed E-state index contributed by atoms with van der Waals surface area (Å²) in [6.45, 7) is 4.33. The van der Waals surface area contributed by atoms with Gasteiger partial charge in [-0.1, -0.05) is 24.3 Å². The Kier molecular flexibility index (Phi) is 3.87.